The Hall–Kier alpha value is -3.13. The molecule has 4 aliphatic carbocycles. The lowest BCUT2D eigenvalue weighted by Crippen LogP contribution is -2.55. The molecule has 238 valence electrons. The van der Waals surface area contributed by atoms with Crippen molar-refractivity contribution in [1.82, 2.24) is 15.2 Å². The molecule has 1 aliphatic heterocycles. The molecule has 2 bridgehead atoms. The maximum absolute atomic E-state index is 14.6. The SMILES string of the molecule is COc1ccc(C23CC(C2)C3)cc1CN[C@H]1[C@H](C(C)(C)C)[C@@H](C(=O)O)N(C(=O)C2CCCCC2)[C@H]1c1cccnc1N(C)C. The van der Waals surface area contributed by atoms with Gasteiger partial charge in [-0.25, -0.2) is 9.78 Å². The first kappa shape index (κ1) is 30.9. The standard InChI is InChI=1S/C36H50N4O4/c1-35(2,3)28-29(38-21-24-17-25(14-15-27(24)44-6)36-18-22(19-36)20-36)30(26-13-10-16-37-32(26)39(4)5)40(31(28)34(42)43)33(41)23-11-8-7-9-12-23/h10,13-17,22-23,28-31,38H,7-9,11-12,18-21H2,1-6H3,(H,42,43)/t22?,28-,29-,30-,31-,36?/m0/s1. The summed E-state index contributed by atoms with van der Waals surface area (Å²) < 4.78 is 5.83. The predicted molar refractivity (Wildman–Crippen MR) is 172 cm³/mol. The van der Waals surface area contributed by atoms with E-state index in [-0.39, 0.29) is 23.8 Å². The normalized spacial score (nSPS) is 30.0. The Morgan fingerprint density at radius 3 is 2.39 bits per heavy atom. The number of aromatic nitrogens is 1. The molecular formula is C36H50N4O4. The van der Waals surface area contributed by atoms with Gasteiger partial charge in [0.15, 0.2) is 0 Å². The molecule has 5 fully saturated rings. The number of ether oxygens (including phenoxy) is 1. The van der Waals surface area contributed by atoms with E-state index in [0.29, 0.717) is 12.0 Å². The fraction of sp³-hybridized carbons (Fsp3) is 0.639. The number of amides is 1. The van der Waals surface area contributed by atoms with E-state index < -0.39 is 23.5 Å². The highest BCUT2D eigenvalue weighted by Crippen LogP contribution is 2.65. The lowest BCUT2D eigenvalue weighted by Gasteiger charge is -2.62. The number of benzene rings is 1. The third-order valence-electron chi connectivity index (χ3n) is 11.1. The van der Waals surface area contributed by atoms with E-state index in [1.54, 1.807) is 18.2 Å². The van der Waals surface area contributed by atoms with Gasteiger partial charge in [0.1, 0.15) is 17.6 Å². The number of rotatable bonds is 9. The Balaban J connectivity index is 1.44. The van der Waals surface area contributed by atoms with Crippen molar-refractivity contribution in [3.05, 3.63) is 53.2 Å². The molecule has 1 saturated heterocycles. The van der Waals surface area contributed by atoms with E-state index in [1.165, 1.54) is 24.8 Å². The van der Waals surface area contributed by atoms with Crippen molar-refractivity contribution in [1.29, 1.82) is 0 Å². The summed E-state index contributed by atoms with van der Waals surface area (Å²) in [4.78, 5) is 36.3. The molecule has 0 spiro atoms. The largest absolute Gasteiger partial charge is 0.496 e. The number of anilines is 1. The Bertz CT molecular complexity index is 1380. The minimum atomic E-state index is -0.962. The van der Waals surface area contributed by atoms with Gasteiger partial charge < -0.3 is 25.0 Å². The van der Waals surface area contributed by atoms with Gasteiger partial charge in [-0.05, 0) is 66.5 Å². The van der Waals surface area contributed by atoms with Crippen molar-refractivity contribution in [3.63, 3.8) is 0 Å². The van der Waals surface area contributed by atoms with Crippen molar-refractivity contribution >= 4 is 17.7 Å². The van der Waals surface area contributed by atoms with Crippen molar-refractivity contribution in [2.75, 3.05) is 26.1 Å². The van der Waals surface area contributed by atoms with Crippen molar-refractivity contribution < 1.29 is 19.4 Å². The molecular weight excluding hydrogens is 552 g/mol. The zero-order valence-electron chi connectivity index (χ0n) is 27.3. The molecule has 5 aliphatic rings. The Morgan fingerprint density at radius 1 is 1.11 bits per heavy atom. The molecule has 2 aromatic rings. The van der Waals surface area contributed by atoms with Crippen LogP contribution in [0.2, 0.25) is 0 Å². The summed E-state index contributed by atoms with van der Waals surface area (Å²) in [5, 5.41) is 14.7. The quantitative estimate of drug-likeness (QED) is 0.367. The Kier molecular flexibility index (Phi) is 8.18. The molecule has 7 rings (SSSR count). The molecule has 44 heavy (non-hydrogen) atoms. The fourth-order valence-electron chi connectivity index (χ4n) is 8.93. The van der Waals surface area contributed by atoms with Crippen molar-refractivity contribution in [2.24, 2.45) is 23.2 Å². The van der Waals surface area contributed by atoms with Gasteiger partial charge in [0, 0.05) is 55.8 Å². The van der Waals surface area contributed by atoms with Crippen molar-refractivity contribution in [3.8, 4) is 5.75 Å². The van der Waals surface area contributed by atoms with Gasteiger partial charge in [-0.1, -0.05) is 58.2 Å². The van der Waals surface area contributed by atoms with Crippen LogP contribution in [0.1, 0.15) is 94.9 Å². The summed E-state index contributed by atoms with van der Waals surface area (Å²) in [6.45, 7) is 6.83. The van der Waals surface area contributed by atoms with Crippen molar-refractivity contribution in [2.45, 2.75) is 102 Å². The maximum atomic E-state index is 14.6. The average Bonchev–Trinajstić information content (AvgIpc) is 3.30. The summed E-state index contributed by atoms with van der Waals surface area (Å²) in [5.74, 6) is 0.995. The predicted octanol–water partition coefficient (Wildman–Crippen LogP) is 5.95. The molecule has 1 aromatic carbocycles. The topological polar surface area (TPSA) is 95.0 Å². The molecule has 2 heterocycles. The average molecular weight is 603 g/mol. The first-order chi connectivity index (χ1) is 20.9. The first-order valence-corrected chi connectivity index (χ1v) is 16.5. The number of carbonyl (C=O) groups is 2. The summed E-state index contributed by atoms with van der Waals surface area (Å²) >= 11 is 0. The van der Waals surface area contributed by atoms with Gasteiger partial charge in [0.05, 0.1) is 13.2 Å². The number of carboxylic acids is 1. The van der Waals surface area contributed by atoms with Gasteiger partial charge >= 0.3 is 5.97 Å². The van der Waals surface area contributed by atoms with Crippen LogP contribution in [0.3, 0.4) is 0 Å². The van der Waals surface area contributed by atoms with E-state index in [0.717, 1.165) is 60.7 Å². The zero-order valence-corrected chi connectivity index (χ0v) is 27.3. The minimum absolute atomic E-state index is 0.0302. The summed E-state index contributed by atoms with van der Waals surface area (Å²) in [6.07, 6.45) is 10.3. The van der Waals surface area contributed by atoms with E-state index in [2.05, 4.69) is 44.3 Å². The van der Waals surface area contributed by atoms with Crippen LogP contribution in [0.15, 0.2) is 36.5 Å². The highest BCUT2D eigenvalue weighted by Gasteiger charge is 2.59. The van der Waals surface area contributed by atoms with Crippen LogP contribution in [0.5, 0.6) is 5.75 Å². The molecule has 4 saturated carbocycles. The zero-order chi connectivity index (χ0) is 31.4. The monoisotopic (exact) mass is 602 g/mol. The lowest BCUT2D eigenvalue weighted by molar-refractivity contribution is -0.154. The van der Waals surface area contributed by atoms with E-state index >= 15 is 0 Å². The summed E-state index contributed by atoms with van der Waals surface area (Å²) in [7, 11) is 5.61. The molecule has 1 amide bonds. The number of pyridine rings is 1. The highest BCUT2D eigenvalue weighted by molar-refractivity contribution is 5.87. The fourth-order valence-corrected chi connectivity index (χ4v) is 8.93. The molecule has 0 unspecified atom stereocenters. The lowest BCUT2D eigenvalue weighted by atomic mass is 9.42. The van der Waals surface area contributed by atoms with Crippen LogP contribution in [0.25, 0.3) is 0 Å². The molecule has 4 atom stereocenters. The van der Waals surface area contributed by atoms with Gasteiger partial charge in [0.2, 0.25) is 5.91 Å². The van der Waals surface area contributed by atoms with E-state index in [1.807, 2.05) is 31.1 Å². The number of methoxy groups -OCH3 is 1. The van der Waals surface area contributed by atoms with E-state index in [9.17, 15) is 14.7 Å². The molecule has 0 radical (unpaired) electrons. The smallest absolute Gasteiger partial charge is 0.326 e. The third kappa shape index (κ3) is 5.27. The maximum Gasteiger partial charge on any atom is 0.326 e. The number of carboxylic acid groups (broad SMARTS) is 1. The molecule has 2 N–H and O–H groups in total. The third-order valence-corrected chi connectivity index (χ3v) is 11.1. The number of nitrogens with zero attached hydrogens (tertiary/aromatic N) is 3. The van der Waals surface area contributed by atoms with Gasteiger partial charge in [-0.3, -0.25) is 4.79 Å². The number of hydrogen-bond donors (Lipinski definition) is 2. The van der Waals surface area contributed by atoms with Gasteiger partial charge in [0.25, 0.3) is 0 Å². The van der Waals surface area contributed by atoms with Crippen LogP contribution in [-0.4, -0.2) is 60.2 Å². The first-order valence-electron chi connectivity index (χ1n) is 16.5. The summed E-state index contributed by atoms with van der Waals surface area (Å²) in [6, 6.07) is 8.75. The second kappa shape index (κ2) is 11.7. The second-order valence-electron chi connectivity index (χ2n) is 15.2. The van der Waals surface area contributed by atoms with Gasteiger partial charge in [-0.2, -0.15) is 0 Å². The van der Waals surface area contributed by atoms with Crippen LogP contribution >= 0.6 is 0 Å². The number of hydrogen-bond acceptors (Lipinski definition) is 6. The Morgan fingerprint density at radius 2 is 1.82 bits per heavy atom. The number of nitrogens with one attached hydrogen (secondary N) is 1. The second-order valence-corrected chi connectivity index (χ2v) is 15.2. The van der Waals surface area contributed by atoms with E-state index in [4.69, 9.17) is 9.72 Å². The number of carbonyl (C=O) groups excluding carboxylic acids is 1. The summed E-state index contributed by atoms with van der Waals surface area (Å²) in [5.41, 5.74) is 3.26. The molecule has 8 nitrogen and oxygen atoms in total. The molecule has 1 aromatic heterocycles. The Labute approximate surface area is 262 Å². The van der Waals surface area contributed by atoms with Gasteiger partial charge in [-0.15, -0.1) is 0 Å². The van der Waals surface area contributed by atoms with Crippen LogP contribution in [0, 0.1) is 23.2 Å². The minimum Gasteiger partial charge on any atom is -0.496 e. The molecule has 8 heteroatoms. The van der Waals surface area contributed by atoms with Crippen LogP contribution in [-0.2, 0) is 21.5 Å². The number of likely N-dealkylation sites (tertiary alicyclic amines) is 1. The van der Waals surface area contributed by atoms with Crippen LogP contribution in [0.4, 0.5) is 5.82 Å². The number of aliphatic carboxylic acids is 1. The van der Waals surface area contributed by atoms with Crippen LogP contribution < -0.4 is 15.0 Å². The highest BCUT2D eigenvalue weighted by atomic mass is 16.5.